The molecule has 0 fully saturated rings. The Hall–Kier alpha value is -0.900. The van der Waals surface area contributed by atoms with Crippen LogP contribution in [-0.2, 0) is 13.5 Å². The molecule has 56 valence electrons. The van der Waals surface area contributed by atoms with Crippen molar-refractivity contribution in [1.29, 1.82) is 0 Å². The molecule has 0 spiro atoms. The van der Waals surface area contributed by atoms with Gasteiger partial charge in [-0.05, 0) is 12.8 Å². The fourth-order valence-corrected chi connectivity index (χ4v) is 0.762. The first kappa shape index (κ1) is 7.21. The van der Waals surface area contributed by atoms with Crippen molar-refractivity contribution in [3.63, 3.8) is 0 Å². The first-order valence-corrected chi connectivity index (χ1v) is 3.29. The highest BCUT2D eigenvalue weighted by Crippen LogP contribution is 1.94. The van der Waals surface area contributed by atoms with E-state index in [1.54, 1.807) is 13.2 Å². The number of rotatable bonds is 3. The van der Waals surface area contributed by atoms with Crippen LogP contribution in [0.1, 0.15) is 12.1 Å². The second kappa shape index (κ2) is 3.31. The molecule has 0 aromatic carbocycles. The first-order valence-electron chi connectivity index (χ1n) is 3.29. The SMILES string of the molecule is Cn1ncc(CCCO)n1. The van der Waals surface area contributed by atoms with E-state index in [0.29, 0.717) is 0 Å². The molecular weight excluding hydrogens is 130 g/mol. The number of nitrogens with zero attached hydrogens (tertiary/aromatic N) is 3. The lowest BCUT2D eigenvalue weighted by atomic mass is 10.3. The second-order valence-corrected chi connectivity index (χ2v) is 2.15. The average molecular weight is 141 g/mol. The zero-order valence-electron chi connectivity index (χ0n) is 5.99. The van der Waals surface area contributed by atoms with Crippen molar-refractivity contribution in [3.8, 4) is 0 Å². The summed E-state index contributed by atoms with van der Waals surface area (Å²) in [4.78, 5) is 1.52. The topological polar surface area (TPSA) is 50.9 Å². The van der Waals surface area contributed by atoms with Gasteiger partial charge in [0.1, 0.15) is 0 Å². The van der Waals surface area contributed by atoms with Gasteiger partial charge in [0.05, 0.1) is 11.9 Å². The maximum atomic E-state index is 8.48. The van der Waals surface area contributed by atoms with Gasteiger partial charge in [-0.25, -0.2) is 0 Å². The summed E-state index contributed by atoms with van der Waals surface area (Å²) in [6, 6.07) is 0. The highest BCUT2D eigenvalue weighted by molar-refractivity contribution is 4.90. The molecule has 0 aliphatic rings. The molecule has 0 saturated carbocycles. The second-order valence-electron chi connectivity index (χ2n) is 2.15. The molecule has 1 rings (SSSR count). The molecule has 1 N–H and O–H groups in total. The normalized spacial score (nSPS) is 10.2. The standard InChI is InChI=1S/C6H11N3O/c1-9-7-5-6(8-9)3-2-4-10/h5,10H,2-4H2,1H3. The molecule has 0 atom stereocenters. The zero-order chi connectivity index (χ0) is 7.40. The highest BCUT2D eigenvalue weighted by atomic mass is 16.2. The van der Waals surface area contributed by atoms with Gasteiger partial charge in [-0.3, -0.25) is 0 Å². The predicted octanol–water partition coefficient (Wildman–Crippen LogP) is -0.260. The highest BCUT2D eigenvalue weighted by Gasteiger charge is 1.95. The maximum absolute atomic E-state index is 8.48. The largest absolute Gasteiger partial charge is 0.396 e. The molecule has 4 nitrogen and oxygen atoms in total. The van der Waals surface area contributed by atoms with E-state index in [1.165, 1.54) is 4.80 Å². The minimum Gasteiger partial charge on any atom is -0.396 e. The van der Waals surface area contributed by atoms with E-state index >= 15 is 0 Å². The third-order valence-electron chi connectivity index (χ3n) is 1.24. The lowest BCUT2D eigenvalue weighted by molar-refractivity contribution is 0.288. The lowest BCUT2D eigenvalue weighted by Crippen LogP contribution is -1.94. The van der Waals surface area contributed by atoms with Gasteiger partial charge in [0.15, 0.2) is 0 Å². The van der Waals surface area contributed by atoms with Crippen LogP contribution in [0.25, 0.3) is 0 Å². The van der Waals surface area contributed by atoms with E-state index in [4.69, 9.17) is 5.11 Å². The average Bonchev–Trinajstić information content (AvgIpc) is 2.31. The van der Waals surface area contributed by atoms with Crippen LogP contribution in [0.3, 0.4) is 0 Å². The molecule has 0 unspecified atom stereocenters. The van der Waals surface area contributed by atoms with Crippen LogP contribution in [-0.4, -0.2) is 26.7 Å². The quantitative estimate of drug-likeness (QED) is 0.631. The summed E-state index contributed by atoms with van der Waals surface area (Å²) in [5.74, 6) is 0. The molecule has 0 amide bonds. The van der Waals surface area contributed by atoms with Crippen LogP contribution in [0.2, 0.25) is 0 Å². The lowest BCUT2D eigenvalue weighted by Gasteiger charge is -1.89. The molecule has 0 radical (unpaired) electrons. The molecule has 0 saturated heterocycles. The molecule has 10 heavy (non-hydrogen) atoms. The number of hydrogen-bond acceptors (Lipinski definition) is 3. The Kier molecular flexibility index (Phi) is 2.39. The third kappa shape index (κ3) is 1.80. The van der Waals surface area contributed by atoms with E-state index in [-0.39, 0.29) is 6.61 Å². The maximum Gasteiger partial charge on any atom is 0.0828 e. The number of aryl methyl sites for hydroxylation is 2. The van der Waals surface area contributed by atoms with Crippen molar-refractivity contribution in [2.24, 2.45) is 7.05 Å². The van der Waals surface area contributed by atoms with Gasteiger partial charge in [0, 0.05) is 13.7 Å². The van der Waals surface area contributed by atoms with Crippen LogP contribution in [0.5, 0.6) is 0 Å². The monoisotopic (exact) mass is 141 g/mol. The number of aliphatic hydroxyl groups is 1. The molecule has 0 aliphatic heterocycles. The van der Waals surface area contributed by atoms with Gasteiger partial charge in [-0.15, -0.1) is 0 Å². The Bertz CT molecular complexity index is 197. The van der Waals surface area contributed by atoms with E-state index in [2.05, 4.69) is 10.2 Å². The number of aromatic nitrogens is 3. The van der Waals surface area contributed by atoms with Gasteiger partial charge in [-0.2, -0.15) is 15.0 Å². The van der Waals surface area contributed by atoms with Gasteiger partial charge in [0.2, 0.25) is 0 Å². The van der Waals surface area contributed by atoms with E-state index in [1.807, 2.05) is 0 Å². The Balaban J connectivity index is 2.42. The summed E-state index contributed by atoms with van der Waals surface area (Å²) in [5.41, 5.74) is 0.941. The summed E-state index contributed by atoms with van der Waals surface area (Å²) < 4.78 is 0. The summed E-state index contributed by atoms with van der Waals surface area (Å²) in [6.07, 6.45) is 3.29. The van der Waals surface area contributed by atoms with Crippen molar-refractivity contribution >= 4 is 0 Å². The smallest absolute Gasteiger partial charge is 0.0828 e. The van der Waals surface area contributed by atoms with Gasteiger partial charge in [0.25, 0.3) is 0 Å². The van der Waals surface area contributed by atoms with Crippen molar-refractivity contribution in [1.82, 2.24) is 15.0 Å². The Morgan fingerprint density at radius 2 is 2.50 bits per heavy atom. The van der Waals surface area contributed by atoms with E-state index in [9.17, 15) is 0 Å². The van der Waals surface area contributed by atoms with Gasteiger partial charge < -0.3 is 5.11 Å². The summed E-state index contributed by atoms with van der Waals surface area (Å²) in [7, 11) is 1.78. The molecule has 1 aromatic rings. The zero-order valence-corrected chi connectivity index (χ0v) is 5.99. The predicted molar refractivity (Wildman–Crippen MR) is 36.4 cm³/mol. The van der Waals surface area contributed by atoms with Gasteiger partial charge >= 0.3 is 0 Å². The summed E-state index contributed by atoms with van der Waals surface area (Å²) >= 11 is 0. The number of hydrogen-bond donors (Lipinski definition) is 1. The number of aliphatic hydroxyl groups excluding tert-OH is 1. The summed E-state index contributed by atoms with van der Waals surface area (Å²) in [5, 5.41) is 16.4. The molecule has 0 aliphatic carbocycles. The van der Waals surface area contributed by atoms with Gasteiger partial charge in [-0.1, -0.05) is 0 Å². The minimum absolute atomic E-state index is 0.219. The van der Waals surface area contributed by atoms with Crippen LogP contribution in [0, 0.1) is 0 Å². The van der Waals surface area contributed by atoms with Crippen molar-refractivity contribution < 1.29 is 5.11 Å². The Morgan fingerprint density at radius 1 is 1.70 bits per heavy atom. The van der Waals surface area contributed by atoms with Crippen molar-refractivity contribution in [2.45, 2.75) is 12.8 Å². The fraction of sp³-hybridized carbons (Fsp3) is 0.667. The first-order chi connectivity index (χ1) is 4.83. The van der Waals surface area contributed by atoms with E-state index in [0.717, 1.165) is 18.5 Å². The molecule has 0 bridgehead atoms. The summed E-state index contributed by atoms with van der Waals surface area (Å²) in [6.45, 7) is 0.219. The Morgan fingerprint density at radius 3 is 3.00 bits per heavy atom. The molecular formula is C6H11N3O. The van der Waals surface area contributed by atoms with Crippen LogP contribution in [0.15, 0.2) is 6.20 Å². The fourth-order valence-electron chi connectivity index (χ4n) is 0.762. The molecule has 4 heteroatoms. The Labute approximate surface area is 59.5 Å². The van der Waals surface area contributed by atoms with Crippen molar-refractivity contribution in [3.05, 3.63) is 11.9 Å². The van der Waals surface area contributed by atoms with Crippen LogP contribution < -0.4 is 0 Å². The molecule has 1 heterocycles. The molecule has 1 aromatic heterocycles. The third-order valence-corrected chi connectivity index (χ3v) is 1.24. The minimum atomic E-state index is 0.219. The van der Waals surface area contributed by atoms with E-state index < -0.39 is 0 Å². The van der Waals surface area contributed by atoms with Crippen LogP contribution >= 0.6 is 0 Å². The van der Waals surface area contributed by atoms with Crippen molar-refractivity contribution in [2.75, 3.05) is 6.61 Å². The van der Waals surface area contributed by atoms with Crippen LogP contribution in [0.4, 0.5) is 0 Å².